The average molecular weight is 264 g/mol. The highest BCUT2D eigenvalue weighted by Crippen LogP contribution is 2.44. The van der Waals surface area contributed by atoms with E-state index in [2.05, 4.69) is 28.4 Å². The van der Waals surface area contributed by atoms with Crippen LogP contribution >= 0.6 is 11.6 Å². The molecular weight excluding hydrogens is 246 g/mol. The van der Waals surface area contributed by atoms with Gasteiger partial charge in [0.15, 0.2) is 0 Å². The van der Waals surface area contributed by atoms with Crippen molar-refractivity contribution in [3.63, 3.8) is 0 Å². The monoisotopic (exact) mass is 263 g/mol. The minimum Gasteiger partial charge on any atom is -0.324 e. The van der Waals surface area contributed by atoms with Crippen LogP contribution in [0.15, 0.2) is 18.5 Å². The number of hydrogen-bond donors (Lipinski definition) is 0. The topological polar surface area (TPSA) is 30.7 Å². The number of halogens is 1. The summed E-state index contributed by atoms with van der Waals surface area (Å²) in [4.78, 5) is 8.73. The number of pyridine rings is 1. The van der Waals surface area contributed by atoms with Gasteiger partial charge in [0.2, 0.25) is 0 Å². The number of aromatic nitrogens is 3. The van der Waals surface area contributed by atoms with Crippen LogP contribution in [0.3, 0.4) is 0 Å². The molecule has 0 bridgehead atoms. The Balaban J connectivity index is 2.10. The van der Waals surface area contributed by atoms with Crippen molar-refractivity contribution in [2.75, 3.05) is 0 Å². The Morgan fingerprint density at radius 1 is 1.50 bits per heavy atom. The molecule has 3 rings (SSSR count). The summed E-state index contributed by atoms with van der Waals surface area (Å²) in [5, 5.41) is 0. The largest absolute Gasteiger partial charge is 0.324 e. The Hall–Kier alpha value is -1.09. The smallest absolute Gasteiger partial charge is 0.125 e. The molecule has 1 fully saturated rings. The molecule has 0 amide bonds. The third kappa shape index (κ3) is 1.91. The van der Waals surface area contributed by atoms with Gasteiger partial charge in [0.25, 0.3) is 0 Å². The molecule has 0 aromatic carbocycles. The molecule has 0 spiro atoms. The molecule has 1 aliphatic rings. The highest BCUT2D eigenvalue weighted by Gasteiger charge is 2.33. The Bertz CT molecular complexity index is 573. The summed E-state index contributed by atoms with van der Waals surface area (Å²) in [6, 6.07) is 2.57. The van der Waals surface area contributed by atoms with E-state index in [1.807, 2.05) is 18.5 Å². The summed E-state index contributed by atoms with van der Waals surface area (Å²) >= 11 is 6.05. The van der Waals surface area contributed by atoms with Crippen LogP contribution in [0.4, 0.5) is 0 Å². The molecule has 1 saturated carbocycles. The van der Waals surface area contributed by atoms with Crippen LogP contribution < -0.4 is 0 Å². The van der Waals surface area contributed by atoms with Crippen molar-refractivity contribution in [3.05, 3.63) is 24.3 Å². The van der Waals surface area contributed by atoms with E-state index in [1.54, 1.807) is 0 Å². The second kappa shape index (κ2) is 4.23. The van der Waals surface area contributed by atoms with E-state index < -0.39 is 0 Å². The van der Waals surface area contributed by atoms with Crippen molar-refractivity contribution in [2.45, 2.75) is 45.0 Å². The SMILES string of the molecule is CC1(C)CCC(n2c(CCl)nc3cnccc32)C1. The molecule has 1 atom stereocenters. The van der Waals surface area contributed by atoms with E-state index in [-0.39, 0.29) is 0 Å². The van der Waals surface area contributed by atoms with Crippen LogP contribution in [0.5, 0.6) is 0 Å². The molecule has 3 nitrogen and oxygen atoms in total. The molecule has 2 aromatic heterocycles. The molecule has 0 saturated heterocycles. The predicted molar refractivity (Wildman–Crippen MR) is 73.8 cm³/mol. The van der Waals surface area contributed by atoms with Crippen molar-refractivity contribution < 1.29 is 0 Å². The van der Waals surface area contributed by atoms with Crippen LogP contribution in [0, 0.1) is 5.41 Å². The number of fused-ring (bicyclic) bond motifs is 1. The molecule has 2 aromatic rings. The molecule has 1 aliphatic carbocycles. The fourth-order valence-electron chi connectivity index (χ4n) is 3.12. The van der Waals surface area contributed by atoms with Gasteiger partial charge in [-0.05, 0) is 30.7 Å². The fraction of sp³-hybridized carbons (Fsp3) is 0.571. The third-order valence-electron chi connectivity index (χ3n) is 3.99. The third-order valence-corrected chi connectivity index (χ3v) is 4.23. The zero-order chi connectivity index (χ0) is 12.8. The molecular formula is C14H18ClN3. The first kappa shape index (κ1) is 12.0. The molecule has 0 N–H and O–H groups in total. The average Bonchev–Trinajstić information content (AvgIpc) is 2.88. The molecule has 0 radical (unpaired) electrons. The summed E-state index contributed by atoms with van der Waals surface area (Å²) in [5.74, 6) is 1.44. The van der Waals surface area contributed by atoms with E-state index in [0.29, 0.717) is 17.3 Å². The maximum atomic E-state index is 6.05. The van der Waals surface area contributed by atoms with Gasteiger partial charge in [0.1, 0.15) is 11.3 Å². The lowest BCUT2D eigenvalue weighted by molar-refractivity contribution is 0.359. The van der Waals surface area contributed by atoms with Gasteiger partial charge >= 0.3 is 0 Å². The summed E-state index contributed by atoms with van der Waals surface area (Å²) in [6.07, 6.45) is 7.33. The first-order valence-corrected chi connectivity index (χ1v) is 7.01. The first-order valence-electron chi connectivity index (χ1n) is 6.47. The quantitative estimate of drug-likeness (QED) is 0.769. The first-order chi connectivity index (χ1) is 8.61. The summed E-state index contributed by atoms with van der Waals surface area (Å²) in [6.45, 7) is 4.68. The van der Waals surface area contributed by atoms with E-state index >= 15 is 0 Å². The number of nitrogens with zero attached hydrogens (tertiary/aromatic N) is 3. The van der Waals surface area contributed by atoms with Crippen molar-refractivity contribution in [1.29, 1.82) is 0 Å². The van der Waals surface area contributed by atoms with Gasteiger partial charge in [-0.25, -0.2) is 4.98 Å². The summed E-state index contributed by atoms with van der Waals surface area (Å²) in [5.41, 5.74) is 2.55. The van der Waals surface area contributed by atoms with Crippen LogP contribution in [0.25, 0.3) is 11.0 Å². The molecule has 2 heterocycles. The predicted octanol–water partition coefficient (Wildman–Crippen LogP) is 3.92. The lowest BCUT2D eigenvalue weighted by Crippen LogP contribution is -2.11. The standard InChI is InChI=1S/C14H18ClN3/c1-14(2)5-3-10(7-14)18-12-4-6-16-9-11(12)17-13(18)8-15/h4,6,9-10H,3,5,7-8H2,1-2H3. The summed E-state index contributed by atoms with van der Waals surface area (Å²) < 4.78 is 2.33. The normalized spacial score (nSPS) is 22.7. The van der Waals surface area contributed by atoms with Gasteiger partial charge in [-0.15, -0.1) is 11.6 Å². The van der Waals surface area contributed by atoms with Gasteiger partial charge < -0.3 is 4.57 Å². The van der Waals surface area contributed by atoms with Crippen molar-refractivity contribution in [3.8, 4) is 0 Å². The fourth-order valence-corrected chi connectivity index (χ4v) is 3.31. The molecule has 96 valence electrons. The Kier molecular flexibility index (Phi) is 2.81. The number of alkyl halides is 1. The van der Waals surface area contributed by atoms with Crippen molar-refractivity contribution in [1.82, 2.24) is 14.5 Å². The van der Waals surface area contributed by atoms with Gasteiger partial charge in [0, 0.05) is 12.2 Å². The molecule has 18 heavy (non-hydrogen) atoms. The van der Waals surface area contributed by atoms with Crippen LogP contribution in [-0.2, 0) is 5.88 Å². The number of hydrogen-bond acceptors (Lipinski definition) is 2. The number of imidazole rings is 1. The van der Waals surface area contributed by atoms with E-state index in [1.165, 1.54) is 24.8 Å². The van der Waals surface area contributed by atoms with Crippen LogP contribution in [0.2, 0.25) is 0 Å². The van der Waals surface area contributed by atoms with Crippen LogP contribution in [0.1, 0.15) is 45.0 Å². The zero-order valence-corrected chi connectivity index (χ0v) is 11.6. The second-order valence-electron chi connectivity index (χ2n) is 5.96. The lowest BCUT2D eigenvalue weighted by Gasteiger charge is -2.19. The Morgan fingerprint density at radius 2 is 2.33 bits per heavy atom. The maximum absolute atomic E-state index is 6.05. The minimum atomic E-state index is 0.428. The lowest BCUT2D eigenvalue weighted by atomic mass is 9.92. The maximum Gasteiger partial charge on any atom is 0.125 e. The molecule has 0 aliphatic heterocycles. The zero-order valence-electron chi connectivity index (χ0n) is 10.9. The molecule has 1 unspecified atom stereocenters. The Labute approximate surface area is 112 Å². The van der Waals surface area contributed by atoms with Crippen molar-refractivity contribution in [2.24, 2.45) is 5.41 Å². The minimum absolute atomic E-state index is 0.428. The highest BCUT2D eigenvalue weighted by atomic mass is 35.5. The highest BCUT2D eigenvalue weighted by molar-refractivity contribution is 6.16. The van der Waals surface area contributed by atoms with E-state index in [0.717, 1.165) is 11.3 Å². The Morgan fingerprint density at radius 3 is 3.00 bits per heavy atom. The van der Waals surface area contributed by atoms with Gasteiger partial charge in [-0.3, -0.25) is 4.98 Å². The molecule has 4 heteroatoms. The van der Waals surface area contributed by atoms with Gasteiger partial charge in [-0.1, -0.05) is 13.8 Å². The van der Waals surface area contributed by atoms with Crippen molar-refractivity contribution >= 4 is 22.6 Å². The van der Waals surface area contributed by atoms with E-state index in [9.17, 15) is 0 Å². The number of rotatable bonds is 2. The van der Waals surface area contributed by atoms with Crippen LogP contribution in [-0.4, -0.2) is 14.5 Å². The van der Waals surface area contributed by atoms with Gasteiger partial charge in [-0.2, -0.15) is 0 Å². The van der Waals surface area contributed by atoms with Gasteiger partial charge in [0.05, 0.1) is 17.6 Å². The van der Waals surface area contributed by atoms with E-state index in [4.69, 9.17) is 11.6 Å². The second-order valence-corrected chi connectivity index (χ2v) is 6.22. The summed E-state index contributed by atoms with van der Waals surface area (Å²) in [7, 11) is 0.